The lowest BCUT2D eigenvalue weighted by molar-refractivity contribution is 1.18. The number of fused-ring (bicyclic) bond motifs is 10. The van der Waals surface area contributed by atoms with Crippen LogP contribution in [0.15, 0.2) is 340 Å². The van der Waals surface area contributed by atoms with Crippen molar-refractivity contribution in [3.63, 3.8) is 0 Å². The lowest BCUT2D eigenvalue weighted by Gasteiger charge is -2.16. The minimum absolute atomic E-state index is 0.702. The average Bonchev–Trinajstić information content (AvgIpc) is 1.52. The molecule has 0 N–H and O–H groups in total. The van der Waals surface area contributed by atoms with Crippen LogP contribution in [0, 0.1) is 22.7 Å². The second kappa shape index (κ2) is 22.5. The predicted octanol–water partition coefficient (Wildman–Crippen LogP) is 25.7. The largest absolute Gasteiger partial charge is 0.309 e. The lowest BCUT2D eigenvalue weighted by atomic mass is 9.87. The van der Waals surface area contributed by atoms with Crippen molar-refractivity contribution in [1.82, 2.24) is 9.13 Å². The Labute approximate surface area is 575 Å². The molecule has 19 aromatic carbocycles. The van der Waals surface area contributed by atoms with Gasteiger partial charge in [0.2, 0.25) is 0 Å². The van der Waals surface area contributed by atoms with Crippen LogP contribution in [0.5, 0.6) is 0 Å². The molecule has 0 amide bonds. The van der Waals surface area contributed by atoms with E-state index >= 15 is 0 Å². The summed E-state index contributed by atoms with van der Waals surface area (Å²) in [4.78, 5) is 0. The minimum atomic E-state index is 0.702. The molecule has 0 saturated carbocycles. The van der Waals surface area contributed by atoms with Crippen molar-refractivity contribution in [2.24, 2.45) is 0 Å². The van der Waals surface area contributed by atoms with E-state index in [1.165, 1.54) is 142 Å². The Kier molecular flexibility index (Phi) is 12.7. The molecule has 2 heterocycles. The van der Waals surface area contributed by atoms with E-state index in [2.05, 4.69) is 337 Å². The van der Waals surface area contributed by atoms with Gasteiger partial charge in [0.05, 0.1) is 45.3 Å². The Hall–Kier alpha value is -13.6. The van der Waals surface area contributed by atoms with Crippen LogP contribution in [-0.4, -0.2) is 9.13 Å². The molecule has 0 aliphatic heterocycles. The number of para-hydroxylation sites is 2. The third-order valence-electron chi connectivity index (χ3n) is 21.2. The van der Waals surface area contributed by atoms with Crippen LogP contribution in [0.4, 0.5) is 0 Å². The maximum atomic E-state index is 10.0. The zero-order chi connectivity index (χ0) is 66.1. The molecule has 460 valence electrons. The van der Waals surface area contributed by atoms with Crippen LogP contribution < -0.4 is 0 Å². The van der Waals surface area contributed by atoms with Gasteiger partial charge in [0.15, 0.2) is 0 Å². The topological polar surface area (TPSA) is 57.4 Å². The van der Waals surface area contributed by atoms with Crippen LogP contribution in [0.3, 0.4) is 0 Å². The molecule has 100 heavy (non-hydrogen) atoms. The van der Waals surface area contributed by atoms with E-state index in [1.54, 1.807) is 0 Å². The second-order valence-corrected chi connectivity index (χ2v) is 26.3. The van der Waals surface area contributed by atoms with E-state index in [0.717, 1.165) is 55.0 Å². The highest BCUT2D eigenvalue weighted by Gasteiger charge is 2.24. The molecule has 2 aromatic heterocycles. The van der Waals surface area contributed by atoms with Crippen LogP contribution in [0.25, 0.3) is 197 Å². The van der Waals surface area contributed by atoms with Crippen molar-refractivity contribution in [1.29, 1.82) is 10.5 Å². The molecular weight excluding hydrogens is 1210 g/mol. The highest BCUT2D eigenvalue weighted by atomic mass is 15.0. The zero-order valence-corrected chi connectivity index (χ0v) is 54.1. The quantitative estimate of drug-likeness (QED) is 0.149. The van der Waals surface area contributed by atoms with Crippen molar-refractivity contribution in [2.75, 3.05) is 0 Å². The van der Waals surface area contributed by atoms with E-state index in [4.69, 9.17) is 0 Å². The molecule has 0 aliphatic carbocycles. The van der Waals surface area contributed by atoms with Gasteiger partial charge in [0.25, 0.3) is 0 Å². The third-order valence-corrected chi connectivity index (χ3v) is 21.2. The molecule has 4 heteroatoms. The van der Waals surface area contributed by atoms with E-state index in [9.17, 15) is 10.5 Å². The molecule has 0 unspecified atom stereocenters. The monoisotopic (exact) mass is 1260 g/mol. The van der Waals surface area contributed by atoms with Crippen molar-refractivity contribution in [3.8, 4) is 79.1 Å². The van der Waals surface area contributed by atoms with E-state index in [1.807, 2.05) is 24.3 Å². The summed E-state index contributed by atoms with van der Waals surface area (Å²) in [6, 6.07) is 127. The number of nitrogens with zero attached hydrogens (tertiary/aromatic N) is 4. The molecule has 21 aromatic rings. The smallest absolute Gasteiger partial charge is 0.0998 e. The first-order valence-electron chi connectivity index (χ1n) is 34.1. The fraction of sp³-hybridized carbons (Fsp3) is 0. The summed E-state index contributed by atoms with van der Waals surface area (Å²) in [6.07, 6.45) is 0. The first kappa shape index (κ1) is 56.7. The second-order valence-electron chi connectivity index (χ2n) is 26.3. The Morgan fingerprint density at radius 3 is 0.900 bits per heavy atom. The molecule has 0 atom stereocenters. The standard InChI is InChI=1S/C51H30N2.C45H26N2/c52-31-35-23-27-48-50-38(35)24-25-43-37(26-28-49(51(43)50)53(48)36-13-5-2-6-14-36)33-19-21-34(22-20-33)45-30-47-41-17-9-7-15-39(41)44(32-11-3-1-4-12-32)29-46(47)42-18-10-8-16-40(42)45;46-27-31-19-24-42-44-35(31)21-22-39-34(23-25-43(45(39)44)47(42)32-9-2-1-3-10-32)29-14-16-30(17-15-29)40-26-41-33-11-5-4-8-28(33)18-20-38(41)36-12-6-7-13-37(36)40/h1-30H;1-26H. The SMILES string of the molecule is N#Cc1ccc2c3c1ccc1c(-c4ccc(-c5cc6c7ccccc7c(-c7ccccc7)cc6c6ccccc56)cc4)ccc(c13)n2-c1ccccc1.N#Cc1ccc2c3c1ccc1c(-c4ccc(-c5cc6c7ccccc7ccc6c6ccccc56)cc4)ccc(c13)n2-c1ccccc1. The highest BCUT2D eigenvalue weighted by Crippen LogP contribution is 2.48. The predicted molar refractivity (Wildman–Crippen MR) is 421 cm³/mol. The minimum Gasteiger partial charge on any atom is -0.309 e. The Balaban J connectivity index is 0.000000136. The van der Waals surface area contributed by atoms with Gasteiger partial charge < -0.3 is 9.13 Å². The summed E-state index contributed by atoms with van der Waals surface area (Å²) in [5, 5.41) is 44.3. The number of benzene rings is 19. The van der Waals surface area contributed by atoms with Crippen LogP contribution in [0.2, 0.25) is 0 Å². The molecule has 0 bridgehead atoms. The summed E-state index contributed by atoms with van der Waals surface area (Å²) in [6.45, 7) is 0. The number of nitriles is 2. The highest BCUT2D eigenvalue weighted by molar-refractivity contribution is 6.30. The van der Waals surface area contributed by atoms with Crippen LogP contribution in [-0.2, 0) is 0 Å². The van der Waals surface area contributed by atoms with Gasteiger partial charge in [-0.25, -0.2) is 0 Å². The van der Waals surface area contributed by atoms with Gasteiger partial charge >= 0.3 is 0 Å². The summed E-state index contributed by atoms with van der Waals surface area (Å²) < 4.78 is 4.66. The molecule has 0 radical (unpaired) electrons. The maximum Gasteiger partial charge on any atom is 0.0998 e. The van der Waals surface area contributed by atoms with Crippen molar-refractivity contribution in [3.05, 3.63) is 351 Å². The van der Waals surface area contributed by atoms with Crippen molar-refractivity contribution >= 4 is 130 Å². The summed E-state index contributed by atoms with van der Waals surface area (Å²) >= 11 is 0. The number of hydrogen-bond acceptors (Lipinski definition) is 2. The van der Waals surface area contributed by atoms with Crippen molar-refractivity contribution in [2.45, 2.75) is 0 Å². The molecule has 4 nitrogen and oxygen atoms in total. The van der Waals surface area contributed by atoms with Gasteiger partial charge in [0.1, 0.15) is 0 Å². The molecule has 0 fully saturated rings. The third kappa shape index (κ3) is 8.58. The number of aromatic nitrogens is 2. The Morgan fingerprint density at radius 2 is 0.480 bits per heavy atom. The van der Waals surface area contributed by atoms with Crippen LogP contribution >= 0.6 is 0 Å². The van der Waals surface area contributed by atoms with Crippen LogP contribution in [0.1, 0.15) is 11.1 Å². The molecule has 0 spiro atoms. The number of hydrogen-bond donors (Lipinski definition) is 0. The van der Waals surface area contributed by atoms with E-state index < -0.39 is 0 Å². The van der Waals surface area contributed by atoms with Gasteiger partial charge in [-0.15, -0.1) is 0 Å². The maximum absolute atomic E-state index is 10.0. The molecule has 21 rings (SSSR count). The van der Waals surface area contributed by atoms with Gasteiger partial charge in [-0.1, -0.05) is 261 Å². The summed E-state index contributed by atoms with van der Waals surface area (Å²) in [7, 11) is 0. The lowest BCUT2D eigenvalue weighted by Crippen LogP contribution is -1.93. The van der Waals surface area contributed by atoms with E-state index in [-0.39, 0.29) is 0 Å². The van der Waals surface area contributed by atoms with Gasteiger partial charge in [-0.2, -0.15) is 10.5 Å². The summed E-state index contributed by atoms with van der Waals surface area (Å²) in [5.41, 5.74) is 20.2. The first-order valence-corrected chi connectivity index (χ1v) is 34.1. The Morgan fingerprint density at radius 1 is 0.190 bits per heavy atom. The molecule has 0 aliphatic rings. The van der Waals surface area contributed by atoms with Crippen molar-refractivity contribution < 1.29 is 0 Å². The average molecular weight is 1270 g/mol. The first-order chi connectivity index (χ1) is 49.5. The fourth-order valence-corrected chi connectivity index (χ4v) is 16.7. The summed E-state index contributed by atoms with van der Waals surface area (Å²) in [5.74, 6) is 0. The fourth-order valence-electron chi connectivity index (χ4n) is 16.7. The van der Waals surface area contributed by atoms with E-state index in [0.29, 0.717) is 11.1 Å². The molecule has 0 saturated heterocycles. The number of rotatable bonds is 7. The van der Waals surface area contributed by atoms with Gasteiger partial charge in [-0.3, -0.25) is 0 Å². The normalized spacial score (nSPS) is 11.8. The van der Waals surface area contributed by atoms with Gasteiger partial charge in [0, 0.05) is 43.7 Å². The Bertz CT molecular complexity index is 6990. The molecular formula is C96H56N4. The zero-order valence-electron chi connectivity index (χ0n) is 54.1. The van der Waals surface area contributed by atoms with Gasteiger partial charge in [-0.05, 0) is 210 Å².